The number of amides is 1. The zero-order chi connectivity index (χ0) is 15.4. The average molecular weight is 280 g/mol. The van der Waals surface area contributed by atoms with Crippen LogP contribution in [0.15, 0.2) is 0 Å². The highest BCUT2D eigenvalue weighted by molar-refractivity contribution is 5.79. The molecule has 0 spiro atoms. The van der Waals surface area contributed by atoms with Gasteiger partial charge >= 0.3 is 5.97 Å². The van der Waals surface area contributed by atoms with Gasteiger partial charge in [0.2, 0.25) is 5.91 Å². The molecule has 0 fully saturated rings. The van der Waals surface area contributed by atoms with Crippen molar-refractivity contribution in [3.63, 3.8) is 0 Å². The molecule has 0 saturated carbocycles. The largest absolute Gasteiger partial charge is 0.468 e. The molecule has 0 saturated heterocycles. The molecule has 0 aromatic rings. The minimum absolute atomic E-state index is 0.0447. The molecule has 0 heterocycles. The van der Waals surface area contributed by atoms with Gasteiger partial charge in [0.1, 0.15) is 0 Å². The number of ether oxygens (including phenoxy) is 1. The molecule has 20 heavy (non-hydrogen) atoms. The van der Waals surface area contributed by atoms with Crippen LogP contribution in [0.4, 0.5) is 0 Å². The van der Waals surface area contributed by atoms with E-state index in [1.54, 1.807) is 4.90 Å². The highest BCUT2D eigenvalue weighted by atomic mass is 16.5. The summed E-state index contributed by atoms with van der Waals surface area (Å²) in [6.45, 7) is 3.08. The first-order valence-corrected chi connectivity index (χ1v) is 6.39. The van der Waals surface area contributed by atoms with E-state index in [9.17, 15) is 9.59 Å². The van der Waals surface area contributed by atoms with Gasteiger partial charge < -0.3 is 9.64 Å². The predicted molar refractivity (Wildman–Crippen MR) is 71.2 cm³/mol. The van der Waals surface area contributed by atoms with Gasteiger partial charge in [0.25, 0.3) is 0 Å². The molecule has 7 heteroatoms. The minimum atomic E-state index is -0.403. The van der Waals surface area contributed by atoms with Crippen molar-refractivity contribution >= 4 is 11.9 Å². The number of nitriles is 2. The number of carbonyl (C=O) groups is 2. The van der Waals surface area contributed by atoms with Gasteiger partial charge in [-0.05, 0) is 6.54 Å². The molecule has 0 aromatic heterocycles. The summed E-state index contributed by atoms with van der Waals surface area (Å²) in [7, 11) is 1.30. The molecule has 0 rings (SSSR count). The van der Waals surface area contributed by atoms with Crippen molar-refractivity contribution < 1.29 is 14.3 Å². The minimum Gasteiger partial charge on any atom is -0.468 e. The van der Waals surface area contributed by atoms with Crippen molar-refractivity contribution in [1.29, 1.82) is 10.5 Å². The standard InChI is InChI=1S/C13H20N4O3/c1-3-16(11-13(19)20-2)10-12(18)17(8-4-6-14)9-5-7-15/h3-5,8-11H2,1-2H3. The van der Waals surface area contributed by atoms with Crippen molar-refractivity contribution in [2.75, 3.05) is 39.8 Å². The van der Waals surface area contributed by atoms with Gasteiger partial charge in [-0.1, -0.05) is 6.92 Å². The summed E-state index contributed by atoms with van der Waals surface area (Å²) in [6.07, 6.45) is 0.445. The number of carbonyl (C=O) groups excluding carboxylic acids is 2. The van der Waals surface area contributed by atoms with Crippen LogP contribution in [-0.2, 0) is 14.3 Å². The lowest BCUT2D eigenvalue weighted by molar-refractivity contribution is -0.142. The van der Waals surface area contributed by atoms with Crippen molar-refractivity contribution in [3.05, 3.63) is 0 Å². The van der Waals surface area contributed by atoms with Crippen molar-refractivity contribution in [2.24, 2.45) is 0 Å². The molecule has 7 nitrogen and oxygen atoms in total. The Bertz CT molecular complexity index is 379. The van der Waals surface area contributed by atoms with E-state index in [0.717, 1.165) is 0 Å². The van der Waals surface area contributed by atoms with E-state index in [-0.39, 0.29) is 31.8 Å². The average Bonchev–Trinajstić information content (AvgIpc) is 2.46. The fourth-order valence-electron chi connectivity index (χ4n) is 1.55. The van der Waals surface area contributed by atoms with Gasteiger partial charge in [-0.15, -0.1) is 0 Å². The van der Waals surface area contributed by atoms with E-state index in [4.69, 9.17) is 10.5 Å². The van der Waals surface area contributed by atoms with Crippen LogP contribution in [0.25, 0.3) is 0 Å². The van der Waals surface area contributed by atoms with Crippen LogP contribution in [-0.4, -0.2) is 61.5 Å². The van der Waals surface area contributed by atoms with E-state index < -0.39 is 5.97 Å². The maximum atomic E-state index is 12.1. The molecular formula is C13H20N4O3. The highest BCUT2D eigenvalue weighted by Crippen LogP contribution is 1.99. The van der Waals surface area contributed by atoms with Gasteiger partial charge in [-0.3, -0.25) is 14.5 Å². The molecule has 0 atom stereocenters. The summed E-state index contributed by atoms with van der Waals surface area (Å²) < 4.78 is 4.56. The van der Waals surface area contributed by atoms with Crippen LogP contribution in [0.3, 0.4) is 0 Å². The number of esters is 1. The summed E-state index contributed by atoms with van der Waals surface area (Å²) in [4.78, 5) is 26.4. The highest BCUT2D eigenvalue weighted by Gasteiger charge is 2.18. The summed E-state index contributed by atoms with van der Waals surface area (Å²) in [5, 5.41) is 17.2. The summed E-state index contributed by atoms with van der Waals surface area (Å²) >= 11 is 0. The van der Waals surface area contributed by atoms with Crippen LogP contribution < -0.4 is 0 Å². The van der Waals surface area contributed by atoms with Crippen LogP contribution in [0.2, 0.25) is 0 Å². The van der Waals surface area contributed by atoms with Gasteiger partial charge in [0.05, 0.1) is 45.2 Å². The second kappa shape index (κ2) is 10.8. The van der Waals surface area contributed by atoms with E-state index in [2.05, 4.69) is 4.74 Å². The zero-order valence-corrected chi connectivity index (χ0v) is 12.0. The third-order valence-electron chi connectivity index (χ3n) is 2.73. The fraction of sp³-hybridized carbons (Fsp3) is 0.692. The fourth-order valence-corrected chi connectivity index (χ4v) is 1.55. The number of hydrogen-bond acceptors (Lipinski definition) is 6. The molecule has 0 aliphatic carbocycles. The van der Waals surface area contributed by atoms with E-state index in [0.29, 0.717) is 19.6 Å². The first-order valence-electron chi connectivity index (χ1n) is 6.39. The topological polar surface area (TPSA) is 97.4 Å². The zero-order valence-electron chi connectivity index (χ0n) is 12.0. The number of methoxy groups -OCH3 is 1. The van der Waals surface area contributed by atoms with Crippen molar-refractivity contribution in [2.45, 2.75) is 19.8 Å². The molecule has 0 aromatic carbocycles. The smallest absolute Gasteiger partial charge is 0.319 e. The molecule has 1 amide bonds. The first kappa shape index (κ1) is 17.9. The monoisotopic (exact) mass is 280 g/mol. The Hall–Kier alpha value is -2.12. The normalized spacial score (nSPS) is 9.65. The van der Waals surface area contributed by atoms with Crippen LogP contribution in [0.1, 0.15) is 19.8 Å². The number of hydrogen-bond donors (Lipinski definition) is 0. The molecule has 0 radical (unpaired) electrons. The van der Waals surface area contributed by atoms with Gasteiger partial charge in [0.15, 0.2) is 0 Å². The second-order valence-corrected chi connectivity index (χ2v) is 4.08. The molecule has 0 aliphatic rings. The Morgan fingerprint density at radius 1 is 1.10 bits per heavy atom. The lowest BCUT2D eigenvalue weighted by Crippen LogP contribution is -2.43. The number of rotatable bonds is 9. The lowest BCUT2D eigenvalue weighted by atomic mass is 10.3. The van der Waals surface area contributed by atoms with Crippen LogP contribution in [0.5, 0.6) is 0 Å². The van der Waals surface area contributed by atoms with Crippen molar-refractivity contribution in [3.8, 4) is 12.1 Å². The Balaban J connectivity index is 4.50. The molecule has 110 valence electrons. The number of likely N-dealkylation sites (N-methyl/N-ethyl adjacent to an activating group) is 1. The van der Waals surface area contributed by atoms with Gasteiger partial charge in [-0.2, -0.15) is 10.5 Å². The summed E-state index contributed by atoms with van der Waals surface area (Å²) in [5.74, 6) is -0.596. The van der Waals surface area contributed by atoms with Crippen LogP contribution >= 0.6 is 0 Å². The first-order chi connectivity index (χ1) is 9.58. The summed E-state index contributed by atoms with van der Waals surface area (Å²) in [6, 6.07) is 3.95. The Labute approximate surface area is 119 Å². The van der Waals surface area contributed by atoms with Gasteiger partial charge in [0, 0.05) is 13.1 Å². The molecule has 0 unspecified atom stereocenters. The quantitative estimate of drug-likeness (QED) is 0.557. The molecular weight excluding hydrogens is 260 g/mol. The van der Waals surface area contributed by atoms with Crippen LogP contribution in [0, 0.1) is 22.7 Å². The maximum absolute atomic E-state index is 12.1. The lowest BCUT2D eigenvalue weighted by Gasteiger charge is -2.25. The van der Waals surface area contributed by atoms with Gasteiger partial charge in [-0.25, -0.2) is 0 Å². The second-order valence-electron chi connectivity index (χ2n) is 4.08. The Kier molecular flexibility index (Phi) is 9.63. The predicted octanol–water partition coefficient (Wildman–Crippen LogP) is 0.137. The molecule has 0 bridgehead atoms. The Morgan fingerprint density at radius 2 is 1.65 bits per heavy atom. The maximum Gasteiger partial charge on any atom is 0.319 e. The van der Waals surface area contributed by atoms with E-state index >= 15 is 0 Å². The third-order valence-corrected chi connectivity index (χ3v) is 2.73. The SMILES string of the molecule is CCN(CC(=O)OC)CC(=O)N(CCC#N)CCC#N. The molecule has 0 N–H and O–H groups in total. The van der Waals surface area contributed by atoms with E-state index in [1.807, 2.05) is 19.1 Å². The van der Waals surface area contributed by atoms with E-state index in [1.165, 1.54) is 12.0 Å². The third kappa shape index (κ3) is 7.34. The van der Waals surface area contributed by atoms with Crippen molar-refractivity contribution in [1.82, 2.24) is 9.80 Å². The Morgan fingerprint density at radius 3 is 2.05 bits per heavy atom. The number of nitrogens with zero attached hydrogens (tertiary/aromatic N) is 4. The molecule has 0 aliphatic heterocycles. The summed E-state index contributed by atoms with van der Waals surface area (Å²) in [5.41, 5.74) is 0.